The van der Waals surface area contributed by atoms with Crippen molar-refractivity contribution >= 4 is 37.5 Å². The van der Waals surface area contributed by atoms with Crippen LogP contribution in [0.5, 0.6) is 0 Å². The van der Waals surface area contributed by atoms with E-state index in [4.69, 9.17) is 5.84 Å². The molecule has 1 amide bonds. The monoisotopic (exact) mass is 305 g/mol. The second kappa shape index (κ2) is 3.81. The van der Waals surface area contributed by atoms with Crippen molar-refractivity contribution < 1.29 is 13.2 Å². The molecule has 0 saturated carbocycles. The standard InChI is InChI=1S/C8H8BrN3O3S/c9-5-3-6-4(2-8(13)11-6)1-7(5)16(14,15)12-10/h1,3,12H,2,10H2,(H,11,13). The number of nitrogens with one attached hydrogen (secondary N) is 2. The first-order valence-corrected chi connectivity index (χ1v) is 6.56. The molecule has 86 valence electrons. The van der Waals surface area contributed by atoms with Gasteiger partial charge in [0.15, 0.2) is 0 Å². The second-order valence-corrected chi connectivity index (χ2v) is 5.82. The topological polar surface area (TPSA) is 101 Å². The third kappa shape index (κ3) is 1.84. The lowest BCUT2D eigenvalue weighted by atomic mass is 10.2. The maximum Gasteiger partial charge on any atom is 0.254 e. The molecule has 16 heavy (non-hydrogen) atoms. The number of hydrogen-bond acceptors (Lipinski definition) is 4. The van der Waals surface area contributed by atoms with Crippen LogP contribution in [0.1, 0.15) is 5.56 Å². The average molecular weight is 306 g/mol. The summed E-state index contributed by atoms with van der Waals surface area (Å²) in [6.45, 7) is 0. The van der Waals surface area contributed by atoms with Crippen LogP contribution < -0.4 is 16.0 Å². The number of benzene rings is 1. The fraction of sp³-hybridized carbons (Fsp3) is 0.125. The molecule has 1 aromatic rings. The minimum Gasteiger partial charge on any atom is -0.325 e. The maximum atomic E-state index is 11.5. The normalized spacial score (nSPS) is 14.8. The van der Waals surface area contributed by atoms with Crippen LogP contribution in [0.2, 0.25) is 0 Å². The highest BCUT2D eigenvalue weighted by Gasteiger charge is 2.24. The first-order chi connectivity index (χ1) is 7.44. The summed E-state index contributed by atoms with van der Waals surface area (Å²) in [4.78, 5) is 12.9. The molecule has 0 unspecified atom stereocenters. The summed E-state index contributed by atoms with van der Waals surface area (Å²) in [5.41, 5.74) is 1.26. The van der Waals surface area contributed by atoms with Crippen molar-refractivity contribution in [2.75, 3.05) is 5.32 Å². The van der Waals surface area contributed by atoms with Crippen LogP contribution in [-0.4, -0.2) is 14.3 Å². The van der Waals surface area contributed by atoms with E-state index < -0.39 is 10.0 Å². The van der Waals surface area contributed by atoms with E-state index in [1.165, 1.54) is 6.07 Å². The Hall–Kier alpha value is -0.960. The van der Waals surface area contributed by atoms with E-state index in [1.54, 1.807) is 10.9 Å². The van der Waals surface area contributed by atoms with Gasteiger partial charge in [-0.05, 0) is 33.6 Å². The van der Waals surface area contributed by atoms with Gasteiger partial charge < -0.3 is 5.32 Å². The van der Waals surface area contributed by atoms with E-state index in [9.17, 15) is 13.2 Å². The number of hydrazine groups is 1. The van der Waals surface area contributed by atoms with Crippen LogP contribution in [0.25, 0.3) is 0 Å². The van der Waals surface area contributed by atoms with Crippen LogP contribution in [0.3, 0.4) is 0 Å². The number of anilines is 1. The lowest BCUT2D eigenvalue weighted by molar-refractivity contribution is -0.115. The van der Waals surface area contributed by atoms with E-state index in [-0.39, 0.29) is 17.2 Å². The van der Waals surface area contributed by atoms with Gasteiger partial charge in [0.05, 0.1) is 11.3 Å². The van der Waals surface area contributed by atoms with E-state index in [2.05, 4.69) is 21.2 Å². The number of fused-ring (bicyclic) bond motifs is 1. The third-order valence-corrected chi connectivity index (χ3v) is 4.37. The van der Waals surface area contributed by atoms with E-state index in [0.29, 0.717) is 15.7 Å². The molecule has 1 aliphatic rings. The Morgan fingerprint density at radius 3 is 2.75 bits per heavy atom. The number of hydrogen-bond donors (Lipinski definition) is 3. The molecular weight excluding hydrogens is 298 g/mol. The molecule has 0 bridgehead atoms. The van der Waals surface area contributed by atoms with Gasteiger partial charge >= 0.3 is 0 Å². The lowest BCUT2D eigenvalue weighted by Gasteiger charge is -2.07. The van der Waals surface area contributed by atoms with Crippen LogP contribution in [0.15, 0.2) is 21.5 Å². The summed E-state index contributed by atoms with van der Waals surface area (Å²) in [6, 6.07) is 2.97. The Labute approximate surface area is 100 Å². The molecule has 1 aromatic carbocycles. The molecule has 6 nitrogen and oxygen atoms in total. The average Bonchev–Trinajstić information content (AvgIpc) is 2.56. The summed E-state index contributed by atoms with van der Waals surface area (Å²) in [6.07, 6.45) is 0.176. The minimum atomic E-state index is -3.73. The van der Waals surface area contributed by atoms with Gasteiger partial charge in [-0.3, -0.25) is 10.6 Å². The first-order valence-electron chi connectivity index (χ1n) is 4.29. The van der Waals surface area contributed by atoms with Gasteiger partial charge in [-0.2, -0.15) is 4.83 Å². The first kappa shape index (κ1) is 11.5. The maximum absolute atomic E-state index is 11.5. The van der Waals surface area contributed by atoms with Crippen molar-refractivity contribution in [1.29, 1.82) is 0 Å². The molecule has 0 saturated heterocycles. The van der Waals surface area contributed by atoms with Gasteiger partial charge in [-0.25, -0.2) is 8.42 Å². The van der Waals surface area contributed by atoms with Crippen molar-refractivity contribution in [2.24, 2.45) is 5.84 Å². The molecule has 4 N–H and O–H groups in total. The van der Waals surface area contributed by atoms with Crippen LogP contribution in [0, 0.1) is 0 Å². The fourth-order valence-electron chi connectivity index (χ4n) is 1.49. The molecule has 0 atom stereocenters. The second-order valence-electron chi connectivity index (χ2n) is 3.29. The predicted molar refractivity (Wildman–Crippen MR) is 61.0 cm³/mol. The largest absolute Gasteiger partial charge is 0.325 e. The highest BCUT2D eigenvalue weighted by atomic mass is 79.9. The summed E-state index contributed by atoms with van der Waals surface area (Å²) in [5, 5.41) is 2.62. The number of sulfonamides is 1. The number of halogens is 1. The minimum absolute atomic E-state index is 0.0188. The van der Waals surface area contributed by atoms with Gasteiger partial charge in [0.2, 0.25) is 5.91 Å². The molecule has 0 spiro atoms. The van der Waals surface area contributed by atoms with Crippen molar-refractivity contribution in [3.05, 3.63) is 22.2 Å². The van der Waals surface area contributed by atoms with Crippen molar-refractivity contribution in [1.82, 2.24) is 4.83 Å². The SMILES string of the molecule is NNS(=O)(=O)c1cc2c(cc1Br)NC(=O)C2. The van der Waals surface area contributed by atoms with Gasteiger partial charge in [0.25, 0.3) is 10.0 Å². The van der Waals surface area contributed by atoms with Gasteiger partial charge in [-0.1, -0.05) is 0 Å². The smallest absolute Gasteiger partial charge is 0.254 e. The van der Waals surface area contributed by atoms with Crippen LogP contribution in [0.4, 0.5) is 5.69 Å². The van der Waals surface area contributed by atoms with Gasteiger partial charge in [0, 0.05) is 10.2 Å². The Morgan fingerprint density at radius 1 is 1.44 bits per heavy atom. The molecule has 2 rings (SSSR count). The summed E-state index contributed by atoms with van der Waals surface area (Å²) in [7, 11) is -3.73. The zero-order valence-electron chi connectivity index (χ0n) is 7.95. The zero-order chi connectivity index (χ0) is 11.9. The fourth-order valence-corrected chi connectivity index (χ4v) is 3.22. The molecule has 1 heterocycles. The molecule has 8 heteroatoms. The van der Waals surface area contributed by atoms with Crippen molar-refractivity contribution in [2.45, 2.75) is 11.3 Å². The van der Waals surface area contributed by atoms with Crippen LogP contribution >= 0.6 is 15.9 Å². The summed E-state index contributed by atoms with van der Waals surface area (Å²) < 4.78 is 23.4. The predicted octanol–water partition coefficient (Wildman–Crippen LogP) is 0.0957. The summed E-state index contributed by atoms with van der Waals surface area (Å²) >= 11 is 3.12. The lowest BCUT2D eigenvalue weighted by Crippen LogP contribution is -2.30. The Balaban J connectivity index is 2.60. The highest BCUT2D eigenvalue weighted by Crippen LogP contribution is 2.32. The van der Waals surface area contributed by atoms with Crippen molar-refractivity contribution in [3.63, 3.8) is 0 Å². The molecule has 0 aromatic heterocycles. The van der Waals surface area contributed by atoms with E-state index >= 15 is 0 Å². The van der Waals surface area contributed by atoms with Crippen molar-refractivity contribution in [3.8, 4) is 0 Å². The van der Waals surface area contributed by atoms with Crippen LogP contribution in [-0.2, 0) is 21.2 Å². The summed E-state index contributed by atoms with van der Waals surface area (Å²) in [5.74, 6) is 4.78. The Morgan fingerprint density at radius 2 is 2.12 bits per heavy atom. The van der Waals surface area contributed by atoms with E-state index in [0.717, 1.165) is 0 Å². The van der Waals surface area contributed by atoms with Gasteiger partial charge in [0.1, 0.15) is 0 Å². The Bertz CT molecular complexity index is 570. The molecule has 0 radical (unpaired) electrons. The number of nitrogens with two attached hydrogens (primary N) is 1. The third-order valence-electron chi connectivity index (χ3n) is 2.23. The quantitative estimate of drug-likeness (QED) is 0.532. The zero-order valence-corrected chi connectivity index (χ0v) is 10.4. The Kier molecular flexibility index (Phi) is 2.74. The molecular formula is C8H8BrN3O3S. The number of amides is 1. The van der Waals surface area contributed by atoms with E-state index in [1.807, 2.05) is 0 Å². The molecule has 0 aliphatic carbocycles. The number of carbonyl (C=O) groups excluding carboxylic acids is 1. The van der Waals surface area contributed by atoms with Gasteiger partial charge in [-0.15, -0.1) is 0 Å². The number of rotatable bonds is 2. The number of carbonyl (C=O) groups is 1. The molecule has 1 aliphatic heterocycles. The molecule has 0 fully saturated rings. The highest BCUT2D eigenvalue weighted by molar-refractivity contribution is 9.10.